The lowest BCUT2D eigenvalue weighted by molar-refractivity contribution is 0.164. The summed E-state index contributed by atoms with van der Waals surface area (Å²) >= 11 is 0. The zero-order valence-corrected chi connectivity index (χ0v) is 16.4. The van der Waals surface area contributed by atoms with Crippen LogP contribution >= 0.6 is 0 Å². The Morgan fingerprint density at radius 2 is 2.00 bits per heavy atom. The standard InChI is InChI=1S/C21H31N5O/c1-2-9-24-10-5-6-18(17-24)16-23-21(27)26-13-11-25(12-14-26)20-8-4-3-7-19(20)15-22/h3-4,7-8,18H,2,5-6,9-14,16-17H2,1H3,(H,23,27)/t18-/m1/s1. The molecule has 2 amide bonds. The number of carbonyl (C=O) groups excluding carboxylic acids is 1. The number of rotatable bonds is 5. The highest BCUT2D eigenvalue weighted by molar-refractivity contribution is 5.74. The number of piperidine rings is 1. The summed E-state index contributed by atoms with van der Waals surface area (Å²) in [5.41, 5.74) is 1.67. The number of anilines is 1. The molecule has 2 heterocycles. The van der Waals surface area contributed by atoms with E-state index in [4.69, 9.17) is 0 Å². The molecule has 2 aliphatic rings. The molecule has 27 heavy (non-hydrogen) atoms. The molecular weight excluding hydrogens is 338 g/mol. The second-order valence-corrected chi connectivity index (χ2v) is 7.60. The van der Waals surface area contributed by atoms with Gasteiger partial charge in [0.15, 0.2) is 0 Å². The Morgan fingerprint density at radius 3 is 2.74 bits per heavy atom. The van der Waals surface area contributed by atoms with E-state index in [2.05, 4.69) is 28.1 Å². The number of nitrogens with one attached hydrogen (secondary N) is 1. The van der Waals surface area contributed by atoms with E-state index in [9.17, 15) is 10.1 Å². The first-order valence-corrected chi connectivity index (χ1v) is 10.2. The summed E-state index contributed by atoms with van der Waals surface area (Å²) in [7, 11) is 0. The quantitative estimate of drug-likeness (QED) is 0.866. The van der Waals surface area contributed by atoms with E-state index in [-0.39, 0.29) is 6.03 Å². The van der Waals surface area contributed by atoms with Crippen LogP contribution in [0.5, 0.6) is 0 Å². The van der Waals surface area contributed by atoms with Gasteiger partial charge in [0.1, 0.15) is 6.07 Å². The molecule has 0 bridgehead atoms. The van der Waals surface area contributed by atoms with E-state index >= 15 is 0 Å². The number of piperazine rings is 1. The first kappa shape index (κ1) is 19.5. The van der Waals surface area contributed by atoms with Gasteiger partial charge in [-0.05, 0) is 50.4 Å². The van der Waals surface area contributed by atoms with E-state index in [0.29, 0.717) is 24.6 Å². The lowest BCUT2D eigenvalue weighted by Gasteiger charge is -2.37. The Balaban J connectivity index is 1.44. The van der Waals surface area contributed by atoms with Gasteiger partial charge in [-0.1, -0.05) is 19.1 Å². The van der Waals surface area contributed by atoms with E-state index in [0.717, 1.165) is 38.4 Å². The molecule has 1 aromatic carbocycles. The summed E-state index contributed by atoms with van der Waals surface area (Å²) in [6, 6.07) is 9.99. The van der Waals surface area contributed by atoms with Gasteiger partial charge < -0.3 is 20.0 Å². The number of para-hydroxylation sites is 1. The zero-order chi connectivity index (χ0) is 19.1. The smallest absolute Gasteiger partial charge is 0.317 e. The molecule has 0 unspecified atom stereocenters. The van der Waals surface area contributed by atoms with Crippen molar-refractivity contribution < 1.29 is 4.79 Å². The average molecular weight is 370 g/mol. The molecule has 146 valence electrons. The van der Waals surface area contributed by atoms with Gasteiger partial charge in [-0.25, -0.2) is 4.79 Å². The molecule has 1 atom stereocenters. The van der Waals surface area contributed by atoms with Gasteiger partial charge in [-0.2, -0.15) is 5.26 Å². The summed E-state index contributed by atoms with van der Waals surface area (Å²) in [4.78, 5) is 19.2. The maximum Gasteiger partial charge on any atom is 0.317 e. The number of amides is 2. The van der Waals surface area contributed by atoms with Crippen LogP contribution < -0.4 is 10.2 Å². The van der Waals surface area contributed by atoms with Crippen LogP contribution in [0.1, 0.15) is 31.7 Å². The fraction of sp³-hybridized carbons (Fsp3) is 0.619. The number of carbonyl (C=O) groups is 1. The predicted octanol–water partition coefficient (Wildman–Crippen LogP) is 2.51. The van der Waals surface area contributed by atoms with Crippen molar-refractivity contribution in [3.8, 4) is 6.07 Å². The fourth-order valence-electron chi connectivity index (χ4n) is 4.18. The minimum atomic E-state index is 0.0517. The Kier molecular flexibility index (Phi) is 6.94. The van der Waals surface area contributed by atoms with Crippen molar-refractivity contribution in [1.82, 2.24) is 15.1 Å². The second kappa shape index (κ2) is 9.61. The van der Waals surface area contributed by atoms with Crippen molar-refractivity contribution in [2.24, 2.45) is 5.92 Å². The summed E-state index contributed by atoms with van der Waals surface area (Å²) in [5.74, 6) is 0.568. The highest BCUT2D eigenvalue weighted by Gasteiger charge is 2.24. The summed E-state index contributed by atoms with van der Waals surface area (Å²) < 4.78 is 0. The van der Waals surface area contributed by atoms with Crippen LogP contribution in [0.2, 0.25) is 0 Å². The third kappa shape index (κ3) is 5.14. The molecule has 0 spiro atoms. The molecule has 1 N–H and O–H groups in total. The van der Waals surface area contributed by atoms with Crippen LogP contribution in [0.25, 0.3) is 0 Å². The minimum Gasteiger partial charge on any atom is -0.367 e. The molecule has 6 heteroatoms. The minimum absolute atomic E-state index is 0.0517. The van der Waals surface area contributed by atoms with Crippen molar-refractivity contribution in [3.05, 3.63) is 29.8 Å². The summed E-state index contributed by atoms with van der Waals surface area (Å²) in [6.07, 6.45) is 3.63. The molecule has 3 rings (SSSR count). The van der Waals surface area contributed by atoms with Crippen LogP contribution in [0.15, 0.2) is 24.3 Å². The first-order chi connectivity index (χ1) is 13.2. The number of hydrogen-bond acceptors (Lipinski definition) is 4. The fourth-order valence-corrected chi connectivity index (χ4v) is 4.18. The van der Waals surface area contributed by atoms with Gasteiger partial charge in [-0.15, -0.1) is 0 Å². The topological polar surface area (TPSA) is 62.6 Å². The largest absolute Gasteiger partial charge is 0.367 e. The number of likely N-dealkylation sites (tertiary alicyclic amines) is 1. The van der Waals surface area contributed by atoms with Gasteiger partial charge in [0.05, 0.1) is 11.3 Å². The number of nitrogens with zero attached hydrogens (tertiary/aromatic N) is 4. The Labute approximate surface area is 162 Å². The third-order valence-electron chi connectivity index (χ3n) is 5.62. The number of urea groups is 1. The molecule has 0 radical (unpaired) electrons. The molecule has 6 nitrogen and oxygen atoms in total. The van der Waals surface area contributed by atoms with Gasteiger partial charge in [0.2, 0.25) is 0 Å². The number of benzene rings is 1. The summed E-state index contributed by atoms with van der Waals surface area (Å²) in [5, 5.41) is 12.4. The Bertz CT molecular complexity index is 661. The van der Waals surface area contributed by atoms with E-state index in [1.54, 1.807) is 0 Å². The van der Waals surface area contributed by atoms with Crippen LogP contribution in [-0.4, -0.2) is 68.2 Å². The molecule has 2 saturated heterocycles. The monoisotopic (exact) mass is 369 g/mol. The van der Waals surface area contributed by atoms with Gasteiger partial charge in [0.25, 0.3) is 0 Å². The second-order valence-electron chi connectivity index (χ2n) is 7.60. The van der Waals surface area contributed by atoms with Crippen molar-refractivity contribution in [2.75, 3.05) is 57.3 Å². The van der Waals surface area contributed by atoms with Gasteiger partial charge in [-0.3, -0.25) is 0 Å². The maximum atomic E-state index is 12.5. The van der Waals surface area contributed by atoms with Crippen molar-refractivity contribution >= 4 is 11.7 Å². The van der Waals surface area contributed by atoms with E-state index < -0.39 is 0 Å². The highest BCUT2D eigenvalue weighted by Crippen LogP contribution is 2.21. The lowest BCUT2D eigenvalue weighted by atomic mass is 9.98. The molecule has 0 aliphatic carbocycles. The highest BCUT2D eigenvalue weighted by atomic mass is 16.2. The third-order valence-corrected chi connectivity index (χ3v) is 5.62. The summed E-state index contributed by atoms with van der Waals surface area (Å²) in [6.45, 7) is 9.38. The van der Waals surface area contributed by atoms with Crippen LogP contribution in [0, 0.1) is 17.2 Å². The molecule has 0 aromatic heterocycles. The van der Waals surface area contributed by atoms with Crippen LogP contribution in [0.3, 0.4) is 0 Å². The lowest BCUT2D eigenvalue weighted by Crippen LogP contribution is -2.53. The number of hydrogen-bond donors (Lipinski definition) is 1. The molecule has 1 aromatic rings. The van der Waals surface area contributed by atoms with Crippen molar-refractivity contribution in [2.45, 2.75) is 26.2 Å². The Morgan fingerprint density at radius 1 is 1.22 bits per heavy atom. The maximum absolute atomic E-state index is 12.5. The molecular formula is C21H31N5O. The van der Waals surface area contributed by atoms with Crippen molar-refractivity contribution in [1.29, 1.82) is 5.26 Å². The zero-order valence-electron chi connectivity index (χ0n) is 16.4. The van der Waals surface area contributed by atoms with Gasteiger partial charge in [0, 0.05) is 39.3 Å². The average Bonchev–Trinajstić information content (AvgIpc) is 2.72. The first-order valence-electron chi connectivity index (χ1n) is 10.2. The normalized spacial score (nSPS) is 21.0. The van der Waals surface area contributed by atoms with Crippen LogP contribution in [-0.2, 0) is 0 Å². The Hall–Kier alpha value is -2.26. The number of nitriles is 1. The van der Waals surface area contributed by atoms with Crippen molar-refractivity contribution in [3.63, 3.8) is 0 Å². The molecule has 0 saturated carbocycles. The molecule has 2 aliphatic heterocycles. The van der Waals surface area contributed by atoms with Gasteiger partial charge >= 0.3 is 6.03 Å². The van der Waals surface area contributed by atoms with E-state index in [1.165, 1.54) is 25.8 Å². The molecule has 2 fully saturated rings. The van der Waals surface area contributed by atoms with E-state index in [1.807, 2.05) is 29.2 Å². The van der Waals surface area contributed by atoms with Crippen LogP contribution in [0.4, 0.5) is 10.5 Å². The SMILES string of the molecule is CCCN1CCC[C@H](CNC(=O)N2CCN(c3ccccc3C#N)CC2)C1. The predicted molar refractivity (Wildman–Crippen MR) is 108 cm³/mol.